The molecule has 0 bridgehead atoms. The summed E-state index contributed by atoms with van der Waals surface area (Å²) in [4.78, 5) is 23.8. The number of para-hydroxylation sites is 1. The number of esters is 1. The Morgan fingerprint density at radius 3 is 2.67 bits per heavy atom. The molecule has 0 fully saturated rings. The molecule has 3 rings (SSSR count). The van der Waals surface area contributed by atoms with Gasteiger partial charge in [-0.1, -0.05) is 42.5 Å². The van der Waals surface area contributed by atoms with Gasteiger partial charge in [-0.3, -0.25) is 9.59 Å². The van der Waals surface area contributed by atoms with Crippen LogP contribution in [0.15, 0.2) is 71.7 Å². The van der Waals surface area contributed by atoms with Crippen LogP contribution in [0.5, 0.6) is 0 Å². The van der Waals surface area contributed by atoms with E-state index < -0.39 is 11.6 Å². The van der Waals surface area contributed by atoms with Crippen molar-refractivity contribution in [1.29, 1.82) is 0 Å². The number of ether oxygens (including phenoxy) is 1. The highest BCUT2D eigenvalue weighted by atomic mass is 19.1. The molecule has 27 heavy (non-hydrogen) atoms. The maximum absolute atomic E-state index is 15.1. The first-order chi connectivity index (χ1) is 13.1. The molecule has 2 aromatic carbocycles. The van der Waals surface area contributed by atoms with Crippen molar-refractivity contribution in [3.63, 3.8) is 0 Å². The number of nitrogens with zero attached hydrogens (tertiary/aromatic N) is 2. The fraction of sp³-hybridized carbons (Fsp3) is 0.190. The fourth-order valence-corrected chi connectivity index (χ4v) is 2.72. The van der Waals surface area contributed by atoms with Gasteiger partial charge in [-0.05, 0) is 30.2 Å². The van der Waals surface area contributed by atoms with E-state index in [-0.39, 0.29) is 30.3 Å². The van der Waals surface area contributed by atoms with Gasteiger partial charge in [0.25, 0.3) is 0 Å². The number of rotatable bonds is 6. The molecule has 1 unspecified atom stereocenters. The van der Waals surface area contributed by atoms with E-state index in [4.69, 9.17) is 4.74 Å². The lowest BCUT2D eigenvalue weighted by atomic mass is 10.0. The smallest absolute Gasteiger partial charge is 0.310 e. The second-order valence-corrected chi connectivity index (χ2v) is 5.93. The molecule has 0 N–H and O–H groups in total. The van der Waals surface area contributed by atoms with Crippen LogP contribution in [-0.2, 0) is 16.0 Å². The minimum Gasteiger partial charge on any atom is -0.466 e. The molecule has 138 valence electrons. The van der Waals surface area contributed by atoms with E-state index >= 15 is 4.39 Å². The topological polar surface area (TPSA) is 61.2 Å². The van der Waals surface area contributed by atoms with E-state index in [1.807, 2.05) is 30.3 Å². The lowest BCUT2D eigenvalue weighted by molar-refractivity contribution is -0.142. The van der Waals surface area contributed by atoms with Crippen LogP contribution < -0.4 is 5.43 Å². The molecule has 1 aromatic heterocycles. The van der Waals surface area contributed by atoms with Gasteiger partial charge in [0.15, 0.2) is 6.17 Å². The molecule has 3 aromatic rings. The summed E-state index contributed by atoms with van der Waals surface area (Å²) < 4.78 is 21.5. The summed E-state index contributed by atoms with van der Waals surface area (Å²) in [5.74, 6) is -0.380. The molecule has 1 atom stereocenters. The summed E-state index contributed by atoms with van der Waals surface area (Å²) in [5, 5.41) is 4.18. The molecular formula is C21H19FN2O3. The van der Waals surface area contributed by atoms with Crippen molar-refractivity contribution in [2.45, 2.75) is 19.5 Å². The van der Waals surface area contributed by atoms with Crippen molar-refractivity contribution >= 4 is 5.97 Å². The number of alkyl halides is 1. The van der Waals surface area contributed by atoms with Gasteiger partial charge in [0.05, 0.1) is 18.7 Å². The van der Waals surface area contributed by atoms with E-state index in [1.54, 1.807) is 31.2 Å². The van der Waals surface area contributed by atoms with Gasteiger partial charge in [-0.25, -0.2) is 9.07 Å². The summed E-state index contributed by atoms with van der Waals surface area (Å²) in [6.07, 6.45) is -0.147. The lowest BCUT2D eigenvalue weighted by Gasteiger charge is -2.12. The third-order valence-electron chi connectivity index (χ3n) is 3.99. The summed E-state index contributed by atoms with van der Waals surface area (Å²) in [6, 6.07) is 16.9. The van der Waals surface area contributed by atoms with E-state index in [9.17, 15) is 9.59 Å². The quantitative estimate of drug-likeness (QED) is 0.628. The van der Waals surface area contributed by atoms with Crippen LogP contribution in [0, 0.1) is 0 Å². The van der Waals surface area contributed by atoms with E-state index in [1.165, 1.54) is 16.9 Å². The van der Waals surface area contributed by atoms with Crippen LogP contribution in [0.1, 0.15) is 29.9 Å². The first-order valence-electron chi connectivity index (χ1n) is 8.62. The highest BCUT2D eigenvalue weighted by Gasteiger charge is 2.19. The molecule has 0 saturated heterocycles. The second-order valence-electron chi connectivity index (χ2n) is 5.93. The number of hydrogen-bond acceptors (Lipinski definition) is 4. The fourth-order valence-electron chi connectivity index (χ4n) is 2.72. The average Bonchev–Trinajstić information content (AvgIpc) is 2.69. The zero-order chi connectivity index (χ0) is 19.2. The van der Waals surface area contributed by atoms with Gasteiger partial charge in [0.2, 0.25) is 5.43 Å². The average molecular weight is 366 g/mol. The molecule has 0 spiro atoms. The Morgan fingerprint density at radius 2 is 1.93 bits per heavy atom. The van der Waals surface area contributed by atoms with E-state index in [0.717, 1.165) is 5.69 Å². The lowest BCUT2D eigenvalue weighted by Crippen LogP contribution is -2.18. The Labute approximate surface area is 156 Å². The van der Waals surface area contributed by atoms with Crippen molar-refractivity contribution in [3.8, 4) is 5.69 Å². The number of carbonyl (C=O) groups is 1. The number of halogens is 1. The Bertz CT molecular complexity index is 986. The second kappa shape index (κ2) is 8.40. The Kier molecular flexibility index (Phi) is 5.76. The number of carbonyl (C=O) groups excluding carboxylic acids is 1. The summed E-state index contributed by atoms with van der Waals surface area (Å²) in [5.41, 5.74) is 0.933. The summed E-state index contributed by atoms with van der Waals surface area (Å²) in [6.45, 7) is 2.02. The molecule has 0 saturated carbocycles. The van der Waals surface area contributed by atoms with Crippen LogP contribution in [0.2, 0.25) is 0 Å². The predicted octanol–water partition coefficient (Wildman–Crippen LogP) is 3.40. The molecule has 1 heterocycles. The molecule has 0 radical (unpaired) electrons. The summed E-state index contributed by atoms with van der Waals surface area (Å²) >= 11 is 0. The Hall–Kier alpha value is -3.28. The Morgan fingerprint density at radius 1 is 1.15 bits per heavy atom. The predicted molar refractivity (Wildman–Crippen MR) is 99.6 cm³/mol. The van der Waals surface area contributed by atoms with Gasteiger partial charge >= 0.3 is 5.97 Å². The summed E-state index contributed by atoms with van der Waals surface area (Å²) in [7, 11) is 0. The highest BCUT2D eigenvalue weighted by Crippen LogP contribution is 2.23. The van der Waals surface area contributed by atoms with Crippen LogP contribution in [0.4, 0.5) is 4.39 Å². The van der Waals surface area contributed by atoms with Crippen LogP contribution in [0.25, 0.3) is 5.69 Å². The van der Waals surface area contributed by atoms with Crippen LogP contribution >= 0.6 is 0 Å². The minimum absolute atomic E-state index is 0.0465. The van der Waals surface area contributed by atoms with Crippen molar-refractivity contribution < 1.29 is 13.9 Å². The molecule has 6 heteroatoms. The third kappa shape index (κ3) is 4.47. The zero-order valence-corrected chi connectivity index (χ0v) is 14.8. The molecular weight excluding hydrogens is 347 g/mol. The van der Waals surface area contributed by atoms with Crippen molar-refractivity contribution in [3.05, 3.63) is 93.9 Å². The van der Waals surface area contributed by atoms with Gasteiger partial charge in [-0.2, -0.15) is 5.10 Å². The molecule has 0 aliphatic heterocycles. The number of hydrogen-bond donors (Lipinski definition) is 0. The number of benzene rings is 2. The highest BCUT2D eigenvalue weighted by molar-refractivity contribution is 5.72. The van der Waals surface area contributed by atoms with Gasteiger partial charge in [0.1, 0.15) is 5.69 Å². The molecule has 0 aliphatic carbocycles. The maximum Gasteiger partial charge on any atom is 0.310 e. The van der Waals surface area contributed by atoms with Gasteiger partial charge in [0, 0.05) is 12.3 Å². The normalized spacial score (nSPS) is 11.8. The molecule has 5 nitrogen and oxygen atoms in total. The van der Waals surface area contributed by atoms with Crippen molar-refractivity contribution in [2.75, 3.05) is 6.61 Å². The standard InChI is InChI=1S/C21H19FN2O3/c1-2-27-19(26)14-15-7-6-8-16(13-15)20(22)21-18(25)11-12-24(23-21)17-9-4-3-5-10-17/h3-13,20H,2,14H2,1H3. The number of aromatic nitrogens is 2. The van der Waals surface area contributed by atoms with Crippen molar-refractivity contribution in [2.24, 2.45) is 0 Å². The van der Waals surface area contributed by atoms with Gasteiger partial charge in [-0.15, -0.1) is 0 Å². The third-order valence-corrected chi connectivity index (χ3v) is 3.99. The Balaban J connectivity index is 1.91. The monoisotopic (exact) mass is 366 g/mol. The first-order valence-corrected chi connectivity index (χ1v) is 8.62. The zero-order valence-electron chi connectivity index (χ0n) is 14.8. The van der Waals surface area contributed by atoms with Crippen molar-refractivity contribution in [1.82, 2.24) is 9.78 Å². The van der Waals surface area contributed by atoms with Gasteiger partial charge < -0.3 is 4.74 Å². The van der Waals surface area contributed by atoms with E-state index in [2.05, 4.69) is 5.10 Å². The van der Waals surface area contributed by atoms with Crippen LogP contribution in [0.3, 0.4) is 0 Å². The first kappa shape index (κ1) is 18.5. The largest absolute Gasteiger partial charge is 0.466 e. The van der Waals surface area contributed by atoms with Crippen LogP contribution in [-0.4, -0.2) is 22.4 Å². The maximum atomic E-state index is 15.1. The van der Waals surface area contributed by atoms with E-state index in [0.29, 0.717) is 5.56 Å². The molecule has 0 amide bonds. The minimum atomic E-state index is -1.70. The SMILES string of the molecule is CCOC(=O)Cc1cccc(C(F)c2nn(-c3ccccc3)ccc2=O)c1. The molecule has 0 aliphatic rings.